The van der Waals surface area contributed by atoms with Gasteiger partial charge in [-0.25, -0.2) is 9.97 Å². The van der Waals surface area contributed by atoms with Crippen molar-refractivity contribution < 1.29 is 0 Å². The number of benzene rings is 6. The summed E-state index contributed by atoms with van der Waals surface area (Å²) < 4.78 is 7.26. The molecule has 5 heteroatoms. The first kappa shape index (κ1) is 28.0. The molecule has 9 aromatic rings. The minimum Gasteiger partial charge on any atom is -0.318 e. The van der Waals surface area contributed by atoms with E-state index in [-0.39, 0.29) is 6.04 Å². The first-order chi connectivity index (χ1) is 25.3. The average Bonchev–Trinajstić information content (AvgIpc) is 3.73. The molecule has 0 bridgehead atoms. The Bertz CT molecular complexity index is 2890. The van der Waals surface area contributed by atoms with E-state index in [9.17, 15) is 0 Å². The first-order valence-electron chi connectivity index (χ1n) is 17.4. The van der Waals surface area contributed by atoms with Gasteiger partial charge in [0.1, 0.15) is 11.6 Å². The molecule has 0 saturated carbocycles. The highest BCUT2D eigenvalue weighted by Crippen LogP contribution is 2.47. The number of hydrogen-bond acceptors (Lipinski definition) is 2. The summed E-state index contributed by atoms with van der Waals surface area (Å²) in [5.41, 5.74) is 12.0. The number of aromatic nitrogens is 4. The molecule has 1 unspecified atom stereocenters. The van der Waals surface area contributed by atoms with Gasteiger partial charge in [-0.15, -0.1) is 0 Å². The lowest BCUT2D eigenvalue weighted by atomic mass is 10.0. The van der Waals surface area contributed by atoms with Crippen LogP contribution in [0.1, 0.15) is 6.04 Å². The highest BCUT2D eigenvalue weighted by atomic mass is 15.2. The summed E-state index contributed by atoms with van der Waals surface area (Å²) in [6.07, 6.45) is 8.90. The lowest BCUT2D eigenvalue weighted by molar-refractivity contribution is 0.781. The summed E-state index contributed by atoms with van der Waals surface area (Å²) in [5, 5.41) is 4.77. The number of para-hydroxylation sites is 3. The van der Waals surface area contributed by atoms with Crippen LogP contribution in [0, 0.1) is 0 Å². The Labute approximate surface area is 294 Å². The van der Waals surface area contributed by atoms with Gasteiger partial charge in [0, 0.05) is 56.9 Å². The maximum Gasteiger partial charge on any atom is 0.235 e. The number of allylic oxidation sites excluding steroid dienone is 4. The second kappa shape index (κ2) is 10.8. The van der Waals surface area contributed by atoms with Crippen LogP contribution in [0.15, 0.2) is 176 Å². The Balaban J connectivity index is 1.29. The van der Waals surface area contributed by atoms with Crippen LogP contribution in [0.25, 0.3) is 72.1 Å². The third kappa shape index (κ3) is 4.06. The summed E-state index contributed by atoms with van der Waals surface area (Å²) in [6, 6.07) is 53.7. The molecule has 3 aromatic heterocycles. The summed E-state index contributed by atoms with van der Waals surface area (Å²) in [7, 11) is 0. The van der Waals surface area contributed by atoms with Crippen molar-refractivity contribution in [2.45, 2.75) is 6.04 Å². The smallest absolute Gasteiger partial charge is 0.235 e. The topological polar surface area (TPSA) is 38.6 Å². The predicted octanol–water partition coefficient (Wildman–Crippen LogP) is 11.0. The fourth-order valence-electron chi connectivity index (χ4n) is 8.30. The maximum atomic E-state index is 5.35. The van der Waals surface area contributed by atoms with E-state index in [4.69, 9.17) is 9.97 Å². The van der Waals surface area contributed by atoms with Crippen LogP contribution < -0.4 is 4.58 Å². The standard InChI is InChI=1S/C46H30N5/c1-4-15-30(16-5-1)36-29-37(31-17-6-2-7-18-31)48-46(47-36)51-38-23-11-10-21-33(38)34-27-28-41-43(45(34)51)35-22-14-26-42-44(35)50(41)40-25-13-12-24-39(40)49(42)32-19-8-3-9-20-32/h1-29,40H/q+1. The van der Waals surface area contributed by atoms with Crippen LogP contribution in [0.5, 0.6) is 0 Å². The van der Waals surface area contributed by atoms with E-state index >= 15 is 0 Å². The zero-order valence-electron chi connectivity index (χ0n) is 27.6. The van der Waals surface area contributed by atoms with Crippen molar-refractivity contribution in [3.05, 3.63) is 176 Å². The Morgan fingerprint density at radius 1 is 0.529 bits per heavy atom. The van der Waals surface area contributed by atoms with Gasteiger partial charge >= 0.3 is 0 Å². The molecule has 1 aliphatic carbocycles. The van der Waals surface area contributed by atoms with Crippen molar-refractivity contribution >= 4 is 60.7 Å². The summed E-state index contributed by atoms with van der Waals surface area (Å²) in [5.74, 6) is 0.652. The molecule has 1 aliphatic heterocycles. The van der Waals surface area contributed by atoms with Gasteiger partial charge in [0.15, 0.2) is 0 Å². The molecule has 0 amide bonds. The molecular formula is C46H30N5+. The van der Waals surface area contributed by atoms with Crippen LogP contribution in [0.4, 0.5) is 11.4 Å². The molecule has 0 N–H and O–H groups in total. The third-order valence-corrected chi connectivity index (χ3v) is 10.4. The van der Waals surface area contributed by atoms with E-state index in [1.165, 1.54) is 44.0 Å². The number of nitrogens with zero attached hydrogens (tertiary/aromatic N) is 5. The normalized spacial score (nSPS) is 15.0. The van der Waals surface area contributed by atoms with Crippen LogP contribution in [0.3, 0.4) is 0 Å². The van der Waals surface area contributed by atoms with E-state index in [2.05, 4.69) is 178 Å². The van der Waals surface area contributed by atoms with Crippen molar-refractivity contribution in [2.24, 2.45) is 0 Å². The van der Waals surface area contributed by atoms with Crippen molar-refractivity contribution in [3.63, 3.8) is 0 Å². The Hall–Kier alpha value is -6.85. The molecule has 2 aliphatic rings. The maximum absolute atomic E-state index is 5.35. The van der Waals surface area contributed by atoms with Crippen molar-refractivity contribution in [2.75, 3.05) is 0 Å². The van der Waals surface area contributed by atoms with Crippen molar-refractivity contribution in [1.82, 2.24) is 23.7 Å². The SMILES string of the molecule is C1=CC2=[N+](c3ccccc3)c3cccc4c5c6c(ccc5n(c34)C2C=C1)c1ccccc1n6-c1nc(-c2ccccc2)cc(-c2ccccc2)n1. The summed E-state index contributed by atoms with van der Waals surface area (Å²) >= 11 is 0. The first-order valence-corrected chi connectivity index (χ1v) is 17.4. The average molecular weight is 653 g/mol. The predicted molar refractivity (Wildman–Crippen MR) is 210 cm³/mol. The van der Waals surface area contributed by atoms with Gasteiger partial charge in [-0.3, -0.25) is 4.57 Å². The van der Waals surface area contributed by atoms with Gasteiger partial charge in [-0.05, 0) is 18.2 Å². The minimum absolute atomic E-state index is 0.0303. The lowest BCUT2D eigenvalue weighted by Gasteiger charge is -2.24. The second-order valence-electron chi connectivity index (χ2n) is 13.2. The van der Waals surface area contributed by atoms with E-state index < -0.39 is 0 Å². The molecule has 6 aromatic carbocycles. The Kier molecular flexibility index (Phi) is 5.95. The molecule has 11 rings (SSSR count). The third-order valence-electron chi connectivity index (χ3n) is 10.4. The quantitative estimate of drug-likeness (QED) is 0.178. The van der Waals surface area contributed by atoms with Gasteiger partial charge in [-0.2, -0.15) is 4.58 Å². The molecule has 5 nitrogen and oxygen atoms in total. The zero-order chi connectivity index (χ0) is 33.5. The Morgan fingerprint density at radius 3 is 1.94 bits per heavy atom. The zero-order valence-corrected chi connectivity index (χ0v) is 27.6. The highest BCUT2D eigenvalue weighted by Gasteiger charge is 2.38. The monoisotopic (exact) mass is 652 g/mol. The molecule has 238 valence electrons. The molecule has 1 atom stereocenters. The van der Waals surface area contributed by atoms with Gasteiger partial charge in [0.05, 0.1) is 27.9 Å². The molecule has 0 fully saturated rings. The van der Waals surface area contributed by atoms with E-state index in [1.54, 1.807) is 0 Å². The molecular weight excluding hydrogens is 623 g/mol. The fraction of sp³-hybridized carbons (Fsp3) is 0.0217. The fourth-order valence-corrected chi connectivity index (χ4v) is 8.30. The molecule has 51 heavy (non-hydrogen) atoms. The van der Waals surface area contributed by atoms with E-state index in [0.717, 1.165) is 39.2 Å². The second-order valence-corrected chi connectivity index (χ2v) is 13.2. The highest BCUT2D eigenvalue weighted by molar-refractivity contribution is 6.28. The molecule has 0 spiro atoms. The lowest BCUT2D eigenvalue weighted by Crippen LogP contribution is -2.30. The van der Waals surface area contributed by atoms with Gasteiger partial charge < -0.3 is 4.57 Å². The van der Waals surface area contributed by atoms with Crippen LogP contribution >= 0.6 is 0 Å². The minimum atomic E-state index is 0.0303. The number of fused-ring (bicyclic) bond motifs is 9. The van der Waals surface area contributed by atoms with Gasteiger partial charge in [-0.1, -0.05) is 133 Å². The van der Waals surface area contributed by atoms with Crippen LogP contribution in [-0.2, 0) is 0 Å². The van der Waals surface area contributed by atoms with Gasteiger partial charge in [0.2, 0.25) is 23.0 Å². The van der Waals surface area contributed by atoms with E-state index in [0.29, 0.717) is 5.95 Å². The number of rotatable bonds is 4. The largest absolute Gasteiger partial charge is 0.318 e. The number of hydrogen-bond donors (Lipinski definition) is 0. The van der Waals surface area contributed by atoms with Crippen molar-refractivity contribution in [1.29, 1.82) is 0 Å². The summed E-state index contributed by atoms with van der Waals surface area (Å²) in [6.45, 7) is 0. The van der Waals surface area contributed by atoms with Crippen LogP contribution in [-0.4, -0.2) is 24.8 Å². The Morgan fingerprint density at radius 2 is 1.20 bits per heavy atom. The van der Waals surface area contributed by atoms with E-state index in [1.807, 2.05) is 12.1 Å². The molecule has 0 saturated heterocycles. The molecule has 4 heterocycles. The van der Waals surface area contributed by atoms with Gasteiger partial charge in [0.25, 0.3) is 0 Å². The van der Waals surface area contributed by atoms with Crippen LogP contribution in [0.2, 0.25) is 0 Å². The van der Waals surface area contributed by atoms with Crippen molar-refractivity contribution in [3.8, 4) is 28.5 Å². The molecule has 0 radical (unpaired) electrons. The summed E-state index contributed by atoms with van der Waals surface area (Å²) in [4.78, 5) is 10.7.